The topological polar surface area (TPSA) is 103 Å². The Morgan fingerprint density at radius 3 is 2.84 bits per heavy atom. The zero-order valence-corrected chi connectivity index (χ0v) is 11.0. The van der Waals surface area contributed by atoms with Crippen molar-refractivity contribution in [3.8, 4) is 6.07 Å². The second kappa shape index (κ2) is 7.71. The number of likely N-dealkylation sites (N-methyl/N-ethyl adjacent to an activating group) is 1. The van der Waals surface area contributed by atoms with Crippen LogP contribution in [0.15, 0.2) is 0 Å². The van der Waals surface area contributed by atoms with Gasteiger partial charge < -0.3 is 15.2 Å². The lowest BCUT2D eigenvalue weighted by Gasteiger charge is -2.28. The molecule has 0 spiro atoms. The number of ether oxygens (including phenoxy) is 1. The highest BCUT2D eigenvalue weighted by Gasteiger charge is 2.37. The maximum absolute atomic E-state index is 11.7. The third kappa shape index (κ3) is 4.50. The van der Waals surface area contributed by atoms with E-state index in [-0.39, 0.29) is 31.5 Å². The summed E-state index contributed by atoms with van der Waals surface area (Å²) in [5.74, 6) is -1.69. The first-order valence-corrected chi connectivity index (χ1v) is 6.28. The molecule has 2 unspecified atom stereocenters. The van der Waals surface area contributed by atoms with Crippen LogP contribution < -0.4 is 5.32 Å². The molecule has 19 heavy (non-hydrogen) atoms. The molecule has 7 nitrogen and oxygen atoms in total. The lowest BCUT2D eigenvalue weighted by Crippen LogP contribution is -2.47. The summed E-state index contributed by atoms with van der Waals surface area (Å²) in [6, 6.07) is 1.67. The zero-order chi connectivity index (χ0) is 14.3. The first-order chi connectivity index (χ1) is 9.10. The Morgan fingerprint density at radius 1 is 1.53 bits per heavy atom. The van der Waals surface area contributed by atoms with E-state index in [1.807, 2.05) is 13.0 Å². The van der Waals surface area contributed by atoms with Gasteiger partial charge in [0.25, 0.3) is 0 Å². The Labute approximate surface area is 112 Å². The summed E-state index contributed by atoms with van der Waals surface area (Å²) in [5.41, 5.74) is 0. The molecule has 0 saturated carbocycles. The van der Waals surface area contributed by atoms with Gasteiger partial charge in [0.15, 0.2) is 0 Å². The van der Waals surface area contributed by atoms with Crippen LogP contribution in [-0.2, 0) is 14.3 Å². The van der Waals surface area contributed by atoms with Crippen molar-refractivity contribution < 1.29 is 19.4 Å². The summed E-state index contributed by atoms with van der Waals surface area (Å²) in [6.07, 6.45) is 0.266. The highest BCUT2D eigenvalue weighted by Crippen LogP contribution is 2.19. The molecule has 1 amide bonds. The smallest absolute Gasteiger partial charge is 0.310 e. The summed E-state index contributed by atoms with van der Waals surface area (Å²) in [6.45, 7) is 3.41. The molecule has 1 saturated heterocycles. The van der Waals surface area contributed by atoms with Crippen LogP contribution in [0.4, 0.5) is 0 Å². The van der Waals surface area contributed by atoms with E-state index in [9.17, 15) is 9.59 Å². The van der Waals surface area contributed by atoms with E-state index >= 15 is 0 Å². The molecule has 2 atom stereocenters. The van der Waals surface area contributed by atoms with Crippen LogP contribution >= 0.6 is 0 Å². The molecule has 106 valence electrons. The molecule has 1 heterocycles. The summed E-state index contributed by atoms with van der Waals surface area (Å²) in [7, 11) is 0. The first-order valence-electron chi connectivity index (χ1n) is 6.28. The minimum Gasteiger partial charge on any atom is -0.481 e. The van der Waals surface area contributed by atoms with Gasteiger partial charge in [-0.25, -0.2) is 0 Å². The number of carbonyl (C=O) groups excluding carboxylic acids is 1. The number of nitrogens with zero attached hydrogens (tertiary/aromatic N) is 2. The fourth-order valence-electron chi connectivity index (χ4n) is 2.10. The van der Waals surface area contributed by atoms with Crippen molar-refractivity contribution in [2.45, 2.75) is 19.4 Å². The third-order valence-electron chi connectivity index (χ3n) is 3.15. The Morgan fingerprint density at radius 2 is 2.26 bits per heavy atom. The van der Waals surface area contributed by atoms with Crippen LogP contribution in [-0.4, -0.2) is 60.8 Å². The molecule has 1 rings (SSSR count). The predicted molar refractivity (Wildman–Crippen MR) is 66.2 cm³/mol. The molecule has 1 aliphatic heterocycles. The number of nitrogens with one attached hydrogen (secondary N) is 1. The highest BCUT2D eigenvalue weighted by atomic mass is 16.5. The van der Waals surface area contributed by atoms with Crippen molar-refractivity contribution in [3.05, 3.63) is 0 Å². The maximum atomic E-state index is 11.7. The number of hydrogen-bond acceptors (Lipinski definition) is 5. The standard InChI is InChI=1S/C12H19N3O4/c1-2-15(6-11(16)14-5-3-4-13)10-8-19-7-9(10)12(17)18/h9-10H,2-3,5-8H2,1H3,(H,14,16)(H,17,18). The van der Waals surface area contributed by atoms with Crippen LogP contribution in [0.1, 0.15) is 13.3 Å². The summed E-state index contributed by atoms with van der Waals surface area (Å²) < 4.78 is 5.20. The Hall–Kier alpha value is -1.65. The van der Waals surface area contributed by atoms with E-state index in [1.165, 1.54) is 0 Å². The van der Waals surface area contributed by atoms with Crippen LogP contribution in [0.3, 0.4) is 0 Å². The molecule has 2 N–H and O–H groups in total. The Balaban J connectivity index is 2.51. The van der Waals surface area contributed by atoms with Crippen LogP contribution in [0.2, 0.25) is 0 Å². The van der Waals surface area contributed by atoms with E-state index in [0.29, 0.717) is 19.7 Å². The normalized spacial score (nSPS) is 22.2. The quantitative estimate of drug-likeness (QED) is 0.600. The summed E-state index contributed by atoms with van der Waals surface area (Å²) >= 11 is 0. The SMILES string of the molecule is CCN(CC(=O)NCCC#N)C1COCC1C(=O)O. The van der Waals surface area contributed by atoms with Gasteiger partial charge in [0, 0.05) is 12.6 Å². The summed E-state index contributed by atoms with van der Waals surface area (Å²) in [4.78, 5) is 24.6. The average Bonchev–Trinajstić information content (AvgIpc) is 2.85. The number of carboxylic acids is 1. The molecule has 0 aromatic heterocycles. The number of carboxylic acid groups (broad SMARTS) is 1. The predicted octanol–water partition coefficient (Wildman–Crippen LogP) is -0.562. The molecule has 0 aromatic rings. The zero-order valence-electron chi connectivity index (χ0n) is 11.0. The fourth-order valence-corrected chi connectivity index (χ4v) is 2.10. The van der Waals surface area contributed by atoms with Gasteiger partial charge in [-0.1, -0.05) is 6.92 Å². The molecule has 0 bridgehead atoms. The number of amides is 1. The molecule has 0 aromatic carbocycles. The number of hydrogen-bond donors (Lipinski definition) is 2. The molecule has 0 aliphatic carbocycles. The van der Waals surface area contributed by atoms with Crippen molar-refractivity contribution in [2.24, 2.45) is 5.92 Å². The van der Waals surface area contributed by atoms with Crippen molar-refractivity contribution in [1.82, 2.24) is 10.2 Å². The van der Waals surface area contributed by atoms with Crippen LogP contribution in [0.5, 0.6) is 0 Å². The van der Waals surface area contributed by atoms with Gasteiger partial charge in [-0.05, 0) is 6.54 Å². The molecule has 1 aliphatic rings. The molecule has 0 radical (unpaired) electrons. The Kier molecular flexibility index (Phi) is 6.25. The fraction of sp³-hybridized carbons (Fsp3) is 0.750. The second-order valence-electron chi connectivity index (χ2n) is 4.37. The average molecular weight is 269 g/mol. The monoisotopic (exact) mass is 269 g/mol. The number of rotatable bonds is 7. The van der Waals surface area contributed by atoms with Gasteiger partial charge in [0.2, 0.25) is 5.91 Å². The minimum atomic E-state index is -0.897. The molecular weight excluding hydrogens is 250 g/mol. The lowest BCUT2D eigenvalue weighted by molar-refractivity contribution is -0.143. The lowest BCUT2D eigenvalue weighted by atomic mass is 10.0. The number of aliphatic carboxylic acids is 1. The molecule has 1 fully saturated rings. The van der Waals surface area contributed by atoms with E-state index in [4.69, 9.17) is 15.1 Å². The van der Waals surface area contributed by atoms with Gasteiger partial charge >= 0.3 is 5.97 Å². The number of carbonyl (C=O) groups is 2. The van der Waals surface area contributed by atoms with Gasteiger partial charge in [0.05, 0.1) is 38.2 Å². The van der Waals surface area contributed by atoms with Gasteiger partial charge in [-0.3, -0.25) is 14.5 Å². The van der Waals surface area contributed by atoms with E-state index < -0.39 is 11.9 Å². The number of nitriles is 1. The minimum absolute atomic E-state index is 0.125. The first kappa shape index (κ1) is 15.4. The highest BCUT2D eigenvalue weighted by molar-refractivity contribution is 5.78. The summed E-state index contributed by atoms with van der Waals surface area (Å²) in [5, 5.41) is 20.1. The van der Waals surface area contributed by atoms with E-state index in [2.05, 4.69) is 5.32 Å². The Bertz CT molecular complexity index is 366. The van der Waals surface area contributed by atoms with Gasteiger partial charge in [-0.15, -0.1) is 0 Å². The van der Waals surface area contributed by atoms with Crippen molar-refractivity contribution >= 4 is 11.9 Å². The molecular formula is C12H19N3O4. The third-order valence-corrected chi connectivity index (χ3v) is 3.15. The van der Waals surface area contributed by atoms with E-state index in [1.54, 1.807) is 4.90 Å². The molecule has 7 heteroatoms. The largest absolute Gasteiger partial charge is 0.481 e. The van der Waals surface area contributed by atoms with Crippen molar-refractivity contribution in [3.63, 3.8) is 0 Å². The second-order valence-corrected chi connectivity index (χ2v) is 4.37. The maximum Gasteiger partial charge on any atom is 0.310 e. The van der Waals surface area contributed by atoms with E-state index in [0.717, 1.165) is 0 Å². The van der Waals surface area contributed by atoms with Gasteiger partial charge in [0.1, 0.15) is 0 Å². The van der Waals surface area contributed by atoms with Crippen molar-refractivity contribution in [2.75, 3.05) is 32.8 Å². The van der Waals surface area contributed by atoms with Crippen LogP contribution in [0.25, 0.3) is 0 Å². The van der Waals surface area contributed by atoms with Crippen LogP contribution in [0, 0.1) is 17.2 Å². The van der Waals surface area contributed by atoms with Gasteiger partial charge in [-0.2, -0.15) is 5.26 Å². The van der Waals surface area contributed by atoms with Crippen molar-refractivity contribution in [1.29, 1.82) is 5.26 Å².